The van der Waals surface area contributed by atoms with E-state index in [0.29, 0.717) is 0 Å². The zero-order chi connectivity index (χ0) is 37.5. The van der Waals surface area contributed by atoms with Gasteiger partial charge in [0.25, 0.3) is 0 Å². The van der Waals surface area contributed by atoms with Gasteiger partial charge in [-0.1, -0.05) is 152 Å². The number of hydrogen-bond donors (Lipinski definition) is 0. The number of anilines is 3. The summed E-state index contributed by atoms with van der Waals surface area (Å²) >= 11 is 0. The number of fused-ring (bicyclic) bond motifs is 10. The number of hydrogen-bond acceptors (Lipinski definition) is 3. The molecule has 0 N–H and O–H groups in total. The molecule has 0 saturated heterocycles. The molecule has 266 valence electrons. The first-order chi connectivity index (χ1) is 28.3. The fourth-order valence-electron chi connectivity index (χ4n) is 9.01. The normalized spacial score (nSPS) is 11.9. The van der Waals surface area contributed by atoms with Gasteiger partial charge in [0.1, 0.15) is 22.3 Å². The van der Waals surface area contributed by atoms with Gasteiger partial charge in [0.15, 0.2) is 0 Å². The van der Waals surface area contributed by atoms with Crippen LogP contribution in [0.2, 0.25) is 0 Å². The summed E-state index contributed by atoms with van der Waals surface area (Å²) in [5.74, 6) is 0. The maximum Gasteiger partial charge on any atom is 0.145 e. The number of nitrogens with zero attached hydrogens (tertiary/aromatic N) is 1. The second kappa shape index (κ2) is 12.5. The maximum atomic E-state index is 6.89. The average molecular weight is 728 g/mol. The average Bonchev–Trinajstić information content (AvgIpc) is 3.86. The third-order valence-corrected chi connectivity index (χ3v) is 11.6. The van der Waals surface area contributed by atoms with Crippen molar-refractivity contribution in [2.24, 2.45) is 0 Å². The Bertz CT molecular complexity index is 3530. The minimum Gasteiger partial charge on any atom is -0.455 e. The summed E-state index contributed by atoms with van der Waals surface area (Å²) in [6.07, 6.45) is 0. The van der Waals surface area contributed by atoms with E-state index in [1.807, 2.05) is 12.1 Å². The Morgan fingerprint density at radius 3 is 1.81 bits per heavy atom. The molecule has 12 aromatic rings. The molecule has 0 atom stereocenters. The zero-order valence-corrected chi connectivity index (χ0v) is 30.8. The van der Waals surface area contributed by atoms with Crippen LogP contribution in [0.25, 0.3) is 98.4 Å². The second-order valence-corrected chi connectivity index (χ2v) is 14.8. The maximum absolute atomic E-state index is 6.89. The van der Waals surface area contributed by atoms with Gasteiger partial charge >= 0.3 is 0 Å². The van der Waals surface area contributed by atoms with Crippen LogP contribution in [-0.4, -0.2) is 0 Å². The van der Waals surface area contributed by atoms with E-state index in [0.717, 1.165) is 83.2 Å². The van der Waals surface area contributed by atoms with Gasteiger partial charge in [0, 0.05) is 44.7 Å². The fraction of sp³-hybridized carbons (Fsp3) is 0. The number of para-hydroxylation sites is 2. The van der Waals surface area contributed by atoms with E-state index in [9.17, 15) is 0 Å². The van der Waals surface area contributed by atoms with Gasteiger partial charge in [-0.2, -0.15) is 0 Å². The van der Waals surface area contributed by atoms with Crippen LogP contribution in [0.5, 0.6) is 0 Å². The van der Waals surface area contributed by atoms with Gasteiger partial charge in [-0.25, -0.2) is 0 Å². The molecule has 10 aromatic carbocycles. The molecule has 0 amide bonds. The first-order valence-corrected chi connectivity index (χ1v) is 19.4. The molecule has 2 aromatic heterocycles. The van der Waals surface area contributed by atoms with E-state index in [-0.39, 0.29) is 0 Å². The van der Waals surface area contributed by atoms with E-state index in [1.54, 1.807) is 0 Å². The lowest BCUT2D eigenvalue weighted by molar-refractivity contribution is 0.670. The first kappa shape index (κ1) is 31.7. The summed E-state index contributed by atoms with van der Waals surface area (Å²) in [4.78, 5) is 2.37. The molecule has 12 rings (SSSR count). The summed E-state index contributed by atoms with van der Waals surface area (Å²) in [5, 5.41) is 11.6. The molecule has 0 fully saturated rings. The summed E-state index contributed by atoms with van der Waals surface area (Å²) in [6.45, 7) is 0. The minimum absolute atomic E-state index is 0.836. The molecule has 0 unspecified atom stereocenters. The lowest BCUT2D eigenvalue weighted by atomic mass is 9.95. The van der Waals surface area contributed by atoms with E-state index in [2.05, 4.69) is 193 Å². The van der Waals surface area contributed by atoms with Crippen molar-refractivity contribution in [3.63, 3.8) is 0 Å². The highest BCUT2D eigenvalue weighted by molar-refractivity contribution is 6.19. The molecule has 0 spiro atoms. The predicted molar refractivity (Wildman–Crippen MR) is 239 cm³/mol. The molecule has 0 aliphatic heterocycles. The van der Waals surface area contributed by atoms with Crippen LogP contribution in [0.15, 0.2) is 209 Å². The van der Waals surface area contributed by atoms with Crippen molar-refractivity contribution in [1.82, 2.24) is 0 Å². The van der Waals surface area contributed by atoms with Crippen molar-refractivity contribution in [3.8, 4) is 22.3 Å². The Morgan fingerprint density at radius 2 is 0.930 bits per heavy atom. The number of benzene rings is 10. The van der Waals surface area contributed by atoms with Crippen molar-refractivity contribution < 1.29 is 8.83 Å². The predicted octanol–water partition coefficient (Wildman–Crippen LogP) is 15.7. The highest BCUT2D eigenvalue weighted by Crippen LogP contribution is 2.48. The van der Waals surface area contributed by atoms with Gasteiger partial charge in [-0.15, -0.1) is 0 Å². The van der Waals surface area contributed by atoms with Gasteiger partial charge < -0.3 is 13.7 Å². The second-order valence-electron chi connectivity index (χ2n) is 14.8. The highest BCUT2D eigenvalue weighted by atomic mass is 16.3. The van der Waals surface area contributed by atoms with E-state index < -0.39 is 0 Å². The molecular formula is C54H33NO2. The lowest BCUT2D eigenvalue weighted by Gasteiger charge is -2.27. The molecule has 0 aliphatic carbocycles. The standard InChI is InChI=1S/C54H33NO2/c1-2-12-35(13-3-1)43-20-11-22-46-45-29-27-39(33-51(45)57-53(43)46)55(38-26-28-42-37(32-38)25-24-36-15-5-6-17-40(36)42)49-31-30-47(44-21-10-16-34-14-4-7-18-41(34)44)54-52(49)48-19-8-9-23-50(48)56-54/h1-33H. The van der Waals surface area contributed by atoms with Gasteiger partial charge in [-0.05, 0) is 85.9 Å². The molecule has 3 nitrogen and oxygen atoms in total. The van der Waals surface area contributed by atoms with Crippen LogP contribution >= 0.6 is 0 Å². The monoisotopic (exact) mass is 727 g/mol. The molecule has 0 bridgehead atoms. The Balaban J connectivity index is 1.14. The minimum atomic E-state index is 0.836. The Morgan fingerprint density at radius 1 is 0.316 bits per heavy atom. The van der Waals surface area contributed by atoms with Crippen LogP contribution in [0.4, 0.5) is 17.1 Å². The van der Waals surface area contributed by atoms with Crippen molar-refractivity contribution in [1.29, 1.82) is 0 Å². The molecule has 0 aliphatic rings. The summed E-state index contributed by atoms with van der Waals surface area (Å²) in [5.41, 5.74) is 10.9. The van der Waals surface area contributed by atoms with Crippen LogP contribution in [0.1, 0.15) is 0 Å². The van der Waals surface area contributed by atoms with Gasteiger partial charge in [0.2, 0.25) is 0 Å². The van der Waals surface area contributed by atoms with E-state index >= 15 is 0 Å². The lowest BCUT2D eigenvalue weighted by Crippen LogP contribution is -2.10. The first-order valence-electron chi connectivity index (χ1n) is 19.4. The smallest absolute Gasteiger partial charge is 0.145 e. The number of furan rings is 2. The van der Waals surface area contributed by atoms with Gasteiger partial charge in [-0.3, -0.25) is 0 Å². The largest absolute Gasteiger partial charge is 0.455 e. The summed E-state index contributed by atoms with van der Waals surface area (Å²) < 4.78 is 13.7. The molecule has 0 radical (unpaired) electrons. The topological polar surface area (TPSA) is 29.5 Å². The molecule has 0 saturated carbocycles. The summed E-state index contributed by atoms with van der Waals surface area (Å²) in [6, 6.07) is 71.4. The SMILES string of the molecule is c1ccc(-c2cccc3c2oc2cc(N(c4ccc5c(ccc6ccccc65)c4)c4ccc(-c5cccc6ccccc56)c5oc6ccccc6c45)ccc23)cc1. The third kappa shape index (κ3) is 4.92. The zero-order valence-electron chi connectivity index (χ0n) is 30.8. The Labute approximate surface area is 328 Å². The Hall–Kier alpha value is -7.62. The van der Waals surface area contributed by atoms with Crippen molar-refractivity contribution in [2.45, 2.75) is 0 Å². The third-order valence-electron chi connectivity index (χ3n) is 11.6. The number of rotatable bonds is 5. The molecule has 57 heavy (non-hydrogen) atoms. The van der Waals surface area contributed by atoms with Crippen molar-refractivity contribution in [3.05, 3.63) is 200 Å². The fourth-order valence-corrected chi connectivity index (χ4v) is 9.01. The molecular weight excluding hydrogens is 695 g/mol. The van der Waals surface area contributed by atoms with Crippen LogP contribution in [0.3, 0.4) is 0 Å². The van der Waals surface area contributed by atoms with Gasteiger partial charge in [0.05, 0.1) is 11.1 Å². The molecule has 3 heteroatoms. The quantitative estimate of drug-likeness (QED) is 0.165. The molecule has 2 heterocycles. The van der Waals surface area contributed by atoms with Crippen LogP contribution < -0.4 is 4.90 Å². The highest BCUT2D eigenvalue weighted by Gasteiger charge is 2.24. The van der Waals surface area contributed by atoms with Crippen molar-refractivity contribution in [2.75, 3.05) is 4.90 Å². The van der Waals surface area contributed by atoms with E-state index in [1.165, 1.54) is 32.3 Å². The Kier molecular flexibility index (Phi) is 6.93. The summed E-state index contributed by atoms with van der Waals surface area (Å²) in [7, 11) is 0. The van der Waals surface area contributed by atoms with E-state index in [4.69, 9.17) is 8.83 Å². The van der Waals surface area contributed by atoms with Crippen LogP contribution in [-0.2, 0) is 0 Å². The van der Waals surface area contributed by atoms with Crippen molar-refractivity contribution >= 4 is 93.3 Å². The van der Waals surface area contributed by atoms with Crippen LogP contribution in [0, 0.1) is 0 Å².